The van der Waals surface area contributed by atoms with Crippen molar-refractivity contribution in [3.63, 3.8) is 0 Å². The van der Waals surface area contributed by atoms with Crippen LogP contribution < -0.4 is 0 Å². The molecule has 1 aliphatic heterocycles. The topological polar surface area (TPSA) is 129 Å². The number of rotatable bonds is 9. The SMILES string of the molecule is O=C(O)CCCCCN1C(=O)[C@H]2[C@H](CC=C3[C@H]2C[C@H]2C(=O)C(c4ccccc4)=CC(=O)[C@@]2(c2ccccc2)[C@H]3c2cc(Br)ccc2O)C1=O. The van der Waals surface area contributed by atoms with Crippen LogP contribution in [0.25, 0.3) is 5.57 Å². The molecule has 2 amide bonds. The zero-order chi connectivity index (χ0) is 34.4. The lowest BCUT2D eigenvalue weighted by Crippen LogP contribution is -2.58. The zero-order valence-corrected chi connectivity index (χ0v) is 28.3. The van der Waals surface area contributed by atoms with Crippen molar-refractivity contribution in [3.8, 4) is 5.75 Å². The molecule has 49 heavy (non-hydrogen) atoms. The number of aliphatic carboxylic acids is 1. The number of benzene rings is 3. The lowest BCUT2D eigenvalue weighted by atomic mass is 9.44. The molecule has 3 aromatic carbocycles. The minimum Gasteiger partial charge on any atom is -0.508 e. The Morgan fingerprint density at radius 3 is 2.31 bits per heavy atom. The van der Waals surface area contributed by atoms with Gasteiger partial charge in [-0.3, -0.25) is 28.9 Å². The van der Waals surface area contributed by atoms with Crippen molar-refractivity contribution >= 4 is 50.9 Å². The number of likely N-dealkylation sites (tertiary alicyclic amines) is 1. The summed E-state index contributed by atoms with van der Waals surface area (Å²) in [6.07, 6.45) is 5.49. The Balaban J connectivity index is 1.38. The maximum absolute atomic E-state index is 15.0. The van der Waals surface area contributed by atoms with Crippen LogP contribution in [0.4, 0.5) is 0 Å². The highest BCUT2D eigenvalue weighted by atomic mass is 79.9. The number of Topliss-reactive ketones (excluding diaryl/α,β-unsaturated/α-hetero) is 1. The van der Waals surface area contributed by atoms with E-state index in [4.69, 9.17) is 5.11 Å². The van der Waals surface area contributed by atoms with Crippen LogP contribution >= 0.6 is 15.9 Å². The van der Waals surface area contributed by atoms with E-state index in [1.54, 1.807) is 18.2 Å². The maximum Gasteiger partial charge on any atom is 0.303 e. The predicted octanol–water partition coefficient (Wildman–Crippen LogP) is 6.62. The van der Waals surface area contributed by atoms with Crippen molar-refractivity contribution in [2.45, 2.75) is 49.9 Å². The van der Waals surface area contributed by atoms with Gasteiger partial charge in [-0.2, -0.15) is 0 Å². The van der Waals surface area contributed by atoms with Crippen LogP contribution in [0.15, 0.2) is 101 Å². The molecular formula is C40H36BrNO7. The van der Waals surface area contributed by atoms with Crippen LogP contribution in [-0.4, -0.2) is 51.0 Å². The minimum absolute atomic E-state index is 0.0270. The standard InChI is InChI=1S/C40H36BrNO7/c41-25-15-18-32(43)30(20-25)36-26-16-17-27-35(39(49)42(38(27)48)19-9-3-8-14-34(45)46)29(26)21-31-37(47)28(23-10-4-1-5-11-23)22-33(44)40(31,36)24-12-6-2-7-13-24/h1-2,4-7,10-13,15-16,18,20,22,27,29,31,35-36,43H,3,8-9,14,17,19,21H2,(H,45,46)/t27-,29+,31-,35-,36+,40-/m0/s1. The average molecular weight is 723 g/mol. The molecule has 0 radical (unpaired) electrons. The number of amides is 2. The van der Waals surface area contributed by atoms with E-state index in [0.717, 1.165) is 5.57 Å². The molecule has 9 heteroatoms. The normalized spacial score (nSPS) is 27.6. The van der Waals surface area contributed by atoms with Crippen LogP contribution in [0.5, 0.6) is 5.75 Å². The molecule has 0 spiro atoms. The van der Waals surface area contributed by atoms with Crippen molar-refractivity contribution in [2.24, 2.45) is 23.7 Å². The number of unbranched alkanes of at least 4 members (excludes halogenated alkanes) is 2. The lowest BCUT2D eigenvalue weighted by Gasteiger charge is -2.55. The smallest absolute Gasteiger partial charge is 0.303 e. The van der Waals surface area contributed by atoms with Crippen molar-refractivity contribution in [1.82, 2.24) is 4.90 Å². The largest absolute Gasteiger partial charge is 0.508 e. The third-order valence-electron chi connectivity index (χ3n) is 11.0. The Morgan fingerprint density at radius 2 is 1.59 bits per heavy atom. The molecule has 8 nitrogen and oxygen atoms in total. The number of fused-ring (bicyclic) bond motifs is 4. The van der Waals surface area contributed by atoms with Crippen molar-refractivity contribution < 1.29 is 34.2 Å². The first kappa shape index (κ1) is 32.9. The number of hydrogen-bond donors (Lipinski definition) is 2. The van der Waals surface area contributed by atoms with E-state index in [2.05, 4.69) is 15.9 Å². The first-order chi connectivity index (χ1) is 23.6. The van der Waals surface area contributed by atoms with Gasteiger partial charge < -0.3 is 10.2 Å². The molecule has 0 unspecified atom stereocenters. The number of nitrogens with zero attached hydrogens (tertiary/aromatic N) is 1. The van der Waals surface area contributed by atoms with Gasteiger partial charge in [0.2, 0.25) is 11.8 Å². The summed E-state index contributed by atoms with van der Waals surface area (Å²) in [7, 11) is 0. The van der Waals surface area contributed by atoms with Crippen LogP contribution in [0.2, 0.25) is 0 Å². The number of phenols is 1. The second-order valence-electron chi connectivity index (χ2n) is 13.5. The maximum atomic E-state index is 15.0. The van der Waals surface area contributed by atoms with Gasteiger partial charge in [0, 0.05) is 40.4 Å². The number of carboxylic acid groups (broad SMARTS) is 1. The van der Waals surface area contributed by atoms with Crippen molar-refractivity contribution in [2.75, 3.05) is 6.54 Å². The molecule has 2 fully saturated rings. The summed E-state index contributed by atoms with van der Waals surface area (Å²) in [5, 5.41) is 20.5. The molecule has 2 N–H and O–H groups in total. The Kier molecular flexibility index (Phi) is 8.73. The fourth-order valence-electron chi connectivity index (χ4n) is 8.98. The number of aromatic hydroxyl groups is 1. The molecule has 1 saturated heterocycles. The van der Waals surface area contributed by atoms with Crippen LogP contribution in [0.3, 0.4) is 0 Å². The predicted molar refractivity (Wildman–Crippen MR) is 185 cm³/mol. The molecule has 3 aromatic rings. The van der Waals surface area contributed by atoms with Crippen LogP contribution in [0, 0.1) is 23.7 Å². The second kappa shape index (κ2) is 13.0. The Morgan fingerprint density at radius 1 is 0.878 bits per heavy atom. The average Bonchev–Trinajstić information content (AvgIpc) is 3.35. The number of carbonyl (C=O) groups excluding carboxylic acids is 4. The van der Waals surface area contributed by atoms with Gasteiger partial charge in [-0.1, -0.05) is 94.7 Å². The van der Waals surface area contributed by atoms with Crippen LogP contribution in [-0.2, 0) is 29.4 Å². The highest BCUT2D eigenvalue weighted by molar-refractivity contribution is 9.10. The highest BCUT2D eigenvalue weighted by Gasteiger charge is 2.66. The van der Waals surface area contributed by atoms with E-state index in [9.17, 15) is 24.3 Å². The first-order valence-corrected chi connectivity index (χ1v) is 17.6. The van der Waals surface area contributed by atoms with E-state index in [1.807, 2.05) is 66.7 Å². The van der Waals surface area contributed by atoms with Gasteiger partial charge in [-0.15, -0.1) is 0 Å². The van der Waals surface area contributed by atoms with E-state index >= 15 is 4.79 Å². The summed E-state index contributed by atoms with van der Waals surface area (Å²) >= 11 is 3.56. The van der Waals surface area contributed by atoms with E-state index in [1.165, 1.54) is 11.0 Å². The summed E-state index contributed by atoms with van der Waals surface area (Å²) in [5.41, 5.74) is 1.45. The Hall–Kier alpha value is -4.63. The summed E-state index contributed by atoms with van der Waals surface area (Å²) < 4.78 is 0.688. The molecular weight excluding hydrogens is 686 g/mol. The number of halogens is 1. The molecule has 6 atom stereocenters. The number of imide groups is 1. The summed E-state index contributed by atoms with van der Waals surface area (Å²) in [5.74, 6) is -5.42. The van der Waals surface area contributed by atoms with E-state index in [0.29, 0.717) is 52.4 Å². The fraction of sp³-hybridized carbons (Fsp3) is 0.325. The molecule has 250 valence electrons. The summed E-state index contributed by atoms with van der Waals surface area (Å²) in [4.78, 5) is 70.3. The number of hydrogen-bond acceptors (Lipinski definition) is 6. The number of ketones is 2. The van der Waals surface area contributed by atoms with Gasteiger partial charge in [-0.25, -0.2) is 0 Å². The van der Waals surface area contributed by atoms with E-state index < -0.39 is 41.0 Å². The molecule has 3 aliphatic carbocycles. The summed E-state index contributed by atoms with van der Waals surface area (Å²) in [6, 6.07) is 23.5. The van der Waals surface area contributed by atoms with Crippen molar-refractivity contribution in [3.05, 3.63) is 118 Å². The highest BCUT2D eigenvalue weighted by Crippen LogP contribution is 2.64. The molecule has 1 heterocycles. The van der Waals surface area contributed by atoms with Gasteiger partial charge in [-0.05, 0) is 67.0 Å². The molecule has 0 aromatic heterocycles. The quantitative estimate of drug-likeness (QED) is 0.144. The third kappa shape index (κ3) is 5.39. The molecule has 4 aliphatic rings. The number of allylic oxidation sites excluding steroid dienone is 4. The molecule has 7 rings (SSSR count). The van der Waals surface area contributed by atoms with Crippen LogP contribution in [0.1, 0.15) is 61.1 Å². The van der Waals surface area contributed by atoms with Gasteiger partial charge in [0.05, 0.1) is 17.3 Å². The number of phenolic OH excluding ortho intramolecular Hbond substituents is 1. The summed E-state index contributed by atoms with van der Waals surface area (Å²) in [6.45, 7) is 0.206. The second-order valence-corrected chi connectivity index (χ2v) is 14.4. The first-order valence-electron chi connectivity index (χ1n) is 16.8. The molecule has 0 bridgehead atoms. The number of carboxylic acids is 1. The zero-order valence-electron chi connectivity index (χ0n) is 26.8. The van der Waals surface area contributed by atoms with Crippen molar-refractivity contribution in [1.29, 1.82) is 0 Å². The lowest BCUT2D eigenvalue weighted by molar-refractivity contribution is -0.141. The third-order valence-corrected chi connectivity index (χ3v) is 11.5. The molecule has 1 saturated carbocycles. The van der Waals surface area contributed by atoms with Gasteiger partial charge in [0.1, 0.15) is 5.75 Å². The van der Waals surface area contributed by atoms with Gasteiger partial charge >= 0.3 is 5.97 Å². The number of carbonyl (C=O) groups is 5. The monoisotopic (exact) mass is 721 g/mol. The minimum atomic E-state index is -1.42. The Bertz CT molecular complexity index is 1920. The van der Waals surface area contributed by atoms with Gasteiger partial charge in [0.25, 0.3) is 0 Å². The Labute approximate surface area is 292 Å². The van der Waals surface area contributed by atoms with Gasteiger partial charge in [0.15, 0.2) is 11.6 Å². The fourth-order valence-corrected chi connectivity index (χ4v) is 9.36. The van der Waals surface area contributed by atoms with E-state index in [-0.39, 0.29) is 48.5 Å².